The van der Waals surface area contributed by atoms with Crippen LogP contribution in [0.15, 0.2) is 0 Å². The molecule has 1 unspecified atom stereocenters. The van der Waals surface area contributed by atoms with Gasteiger partial charge in [-0.05, 0) is 0 Å². The van der Waals surface area contributed by atoms with E-state index in [4.69, 9.17) is 16.3 Å². The largest absolute Gasteiger partial charge is 0.361 e. The van der Waals surface area contributed by atoms with Crippen molar-refractivity contribution in [3.8, 4) is 0 Å². The van der Waals surface area contributed by atoms with Crippen LogP contribution in [0.5, 0.6) is 0 Å². The first-order valence-electron chi connectivity index (χ1n) is 2.38. The average Bonchev–Trinajstić information content (AvgIpc) is 1.63. The summed E-state index contributed by atoms with van der Waals surface area (Å²) >= 11 is 5.62. The van der Waals surface area contributed by atoms with Crippen molar-refractivity contribution in [2.24, 2.45) is 5.41 Å². The van der Waals surface area contributed by atoms with E-state index in [1.54, 1.807) is 0 Å². The van der Waals surface area contributed by atoms with Gasteiger partial charge in [0, 0.05) is 5.41 Å². The molecule has 0 aliphatic carbocycles. The van der Waals surface area contributed by atoms with Crippen LogP contribution in [0.25, 0.3) is 0 Å². The summed E-state index contributed by atoms with van der Waals surface area (Å²) in [5, 5.41) is 0. The van der Waals surface area contributed by atoms with Crippen molar-refractivity contribution in [1.29, 1.82) is 0 Å². The molecule has 1 heterocycles. The smallest absolute Gasteiger partial charge is 0.138 e. The Morgan fingerprint density at radius 1 is 1.71 bits per heavy atom. The van der Waals surface area contributed by atoms with Crippen molar-refractivity contribution >= 4 is 11.6 Å². The van der Waals surface area contributed by atoms with Gasteiger partial charge in [0.25, 0.3) is 0 Å². The van der Waals surface area contributed by atoms with Gasteiger partial charge >= 0.3 is 0 Å². The monoisotopic (exact) mass is 120 g/mol. The van der Waals surface area contributed by atoms with Crippen LogP contribution in [0, 0.1) is 5.41 Å². The molecule has 1 saturated heterocycles. The van der Waals surface area contributed by atoms with E-state index < -0.39 is 0 Å². The number of hydrogen-bond donors (Lipinski definition) is 0. The zero-order valence-corrected chi connectivity index (χ0v) is 5.33. The van der Waals surface area contributed by atoms with Gasteiger partial charge in [-0.1, -0.05) is 25.4 Å². The molecule has 7 heavy (non-hydrogen) atoms. The Bertz CT molecular complexity index is 80.1. The second-order valence-electron chi connectivity index (χ2n) is 2.62. The molecule has 0 saturated carbocycles. The van der Waals surface area contributed by atoms with Gasteiger partial charge in [-0.15, -0.1) is 0 Å². The Balaban J connectivity index is 2.43. The molecular formula is C5H9ClO. The molecule has 1 atom stereocenters. The number of alkyl halides is 1. The minimum Gasteiger partial charge on any atom is -0.361 e. The fourth-order valence-electron chi connectivity index (χ4n) is 0.480. The molecule has 0 N–H and O–H groups in total. The van der Waals surface area contributed by atoms with Gasteiger partial charge in [-0.25, -0.2) is 0 Å². The predicted octanol–water partition coefficient (Wildman–Crippen LogP) is 1.61. The Hall–Kier alpha value is 0.250. The van der Waals surface area contributed by atoms with Crippen molar-refractivity contribution in [2.75, 3.05) is 6.61 Å². The molecule has 0 aromatic carbocycles. The second-order valence-corrected chi connectivity index (χ2v) is 3.01. The maximum absolute atomic E-state index is 5.62. The van der Waals surface area contributed by atoms with E-state index in [-0.39, 0.29) is 11.0 Å². The molecule has 1 aliphatic heterocycles. The zero-order valence-electron chi connectivity index (χ0n) is 4.57. The molecule has 42 valence electrons. The Morgan fingerprint density at radius 2 is 2.14 bits per heavy atom. The molecule has 0 aromatic heterocycles. The van der Waals surface area contributed by atoms with Crippen molar-refractivity contribution in [3.63, 3.8) is 0 Å². The summed E-state index contributed by atoms with van der Waals surface area (Å²) in [6, 6.07) is 0. The summed E-state index contributed by atoms with van der Waals surface area (Å²) in [5.41, 5.74) is 0.175. The lowest BCUT2D eigenvalue weighted by molar-refractivity contribution is -0.119. The van der Waals surface area contributed by atoms with Crippen LogP contribution in [-0.2, 0) is 4.74 Å². The molecule has 0 radical (unpaired) electrons. The first-order valence-corrected chi connectivity index (χ1v) is 2.82. The van der Waals surface area contributed by atoms with Crippen LogP contribution in [-0.4, -0.2) is 12.2 Å². The third-order valence-corrected chi connectivity index (χ3v) is 1.93. The number of rotatable bonds is 0. The minimum absolute atomic E-state index is 0.0486. The molecule has 0 bridgehead atoms. The van der Waals surface area contributed by atoms with Gasteiger partial charge in [0.15, 0.2) is 0 Å². The Morgan fingerprint density at radius 3 is 2.14 bits per heavy atom. The zero-order chi connectivity index (χ0) is 5.49. The van der Waals surface area contributed by atoms with Crippen molar-refractivity contribution in [3.05, 3.63) is 0 Å². The van der Waals surface area contributed by atoms with Crippen molar-refractivity contribution < 1.29 is 4.74 Å². The van der Waals surface area contributed by atoms with Gasteiger partial charge in [0.2, 0.25) is 0 Å². The quantitative estimate of drug-likeness (QED) is 0.442. The van der Waals surface area contributed by atoms with E-state index in [2.05, 4.69) is 13.8 Å². The summed E-state index contributed by atoms with van der Waals surface area (Å²) in [6.07, 6.45) is 0. The van der Waals surface area contributed by atoms with Gasteiger partial charge in [0.05, 0.1) is 6.61 Å². The topological polar surface area (TPSA) is 9.23 Å². The van der Waals surface area contributed by atoms with Crippen LogP contribution in [0.1, 0.15) is 13.8 Å². The van der Waals surface area contributed by atoms with Crippen LogP contribution in [0.2, 0.25) is 0 Å². The van der Waals surface area contributed by atoms with E-state index in [9.17, 15) is 0 Å². The van der Waals surface area contributed by atoms with E-state index in [1.165, 1.54) is 0 Å². The highest BCUT2D eigenvalue weighted by Gasteiger charge is 2.38. The molecule has 2 heteroatoms. The Kier molecular flexibility index (Phi) is 1.05. The predicted molar refractivity (Wildman–Crippen MR) is 29.4 cm³/mol. The summed E-state index contributed by atoms with van der Waals surface area (Å²) in [4.78, 5) is 0. The van der Waals surface area contributed by atoms with Crippen LogP contribution in [0.4, 0.5) is 0 Å². The first kappa shape index (κ1) is 5.39. The van der Waals surface area contributed by atoms with E-state index >= 15 is 0 Å². The lowest BCUT2D eigenvalue weighted by Crippen LogP contribution is -2.43. The maximum Gasteiger partial charge on any atom is 0.138 e. The van der Waals surface area contributed by atoms with Gasteiger partial charge in [-0.3, -0.25) is 0 Å². The molecule has 0 amide bonds. The third-order valence-electron chi connectivity index (χ3n) is 1.22. The minimum atomic E-state index is -0.0486. The molecule has 1 nitrogen and oxygen atoms in total. The van der Waals surface area contributed by atoms with E-state index in [0.717, 1.165) is 6.61 Å². The fraction of sp³-hybridized carbons (Fsp3) is 1.00. The molecule has 0 aromatic rings. The molecule has 0 spiro atoms. The van der Waals surface area contributed by atoms with Crippen molar-refractivity contribution in [2.45, 2.75) is 19.4 Å². The molecule has 1 fully saturated rings. The van der Waals surface area contributed by atoms with E-state index in [1.807, 2.05) is 0 Å². The van der Waals surface area contributed by atoms with Gasteiger partial charge < -0.3 is 4.74 Å². The molecule has 1 aliphatic rings. The summed E-state index contributed by atoms with van der Waals surface area (Å²) < 4.78 is 4.91. The fourth-order valence-corrected chi connectivity index (χ4v) is 0.606. The van der Waals surface area contributed by atoms with Crippen LogP contribution < -0.4 is 0 Å². The summed E-state index contributed by atoms with van der Waals surface area (Å²) in [6.45, 7) is 4.99. The standard InChI is InChI=1S/C5H9ClO/c1-5(2)3-7-4(5)6/h4H,3H2,1-2H3. The Labute approximate surface area is 48.6 Å². The van der Waals surface area contributed by atoms with Gasteiger partial charge in [0.1, 0.15) is 5.56 Å². The van der Waals surface area contributed by atoms with E-state index in [0.29, 0.717) is 0 Å². The molecular weight excluding hydrogens is 112 g/mol. The van der Waals surface area contributed by atoms with Crippen molar-refractivity contribution in [1.82, 2.24) is 0 Å². The highest BCUT2D eigenvalue weighted by atomic mass is 35.5. The number of hydrogen-bond acceptors (Lipinski definition) is 1. The van der Waals surface area contributed by atoms with Crippen LogP contribution in [0.3, 0.4) is 0 Å². The lowest BCUT2D eigenvalue weighted by atomic mass is 9.92. The number of ether oxygens (including phenoxy) is 1. The lowest BCUT2D eigenvalue weighted by Gasteiger charge is -2.39. The normalized spacial score (nSPS) is 37.3. The highest BCUT2D eigenvalue weighted by Crippen LogP contribution is 2.35. The average molecular weight is 121 g/mol. The third kappa shape index (κ3) is 0.752. The highest BCUT2D eigenvalue weighted by molar-refractivity contribution is 6.20. The first-order chi connectivity index (χ1) is 3.13. The summed E-state index contributed by atoms with van der Waals surface area (Å²) in [5.74, 6) is 0. The SMILES string of the molecule is CC1(C)COC1Cl. The second kappa shape index (κ2) is 1.36. The van der Waals surface area contributed by atoms with Crippen LogP contribution >= 0.6 is 11.6 Å². The number of halogens is 1. The van der Waals surface area contributed by atoms with Gasteiger partial charge in [-0.2, -0.15) is 0 Å². The maximum atomic E-state index is 5.62. The molecule has 1 rings (SSSR count). The summed E-state index contributed by atoms with van der Waals surface area (Å²) in [7, 11) is 0.